The standard InChI is InChI=1S/C13H20N2O4S/c1-2-20(18,19)11-3-9-14-10-8-12-4-6-13(7-5-12)15(16)17/h4-7,14H,2-3,8-11H2,1H3. The first-order valence-electron chi connectivity index (χ1n) is 6.59. The Kier molecular flexibility index (Phi) is 6.60. The predicted molar refractivity (Wildman–Crippen MR) is 78.6 cm³/mol. The van der Waals surface area contributed by atoms with Gasteiger partial charge in [-0.1, -0.05) is 19.1 Å². The van der Waals surface area contributed by atoms with E-state index in [9.17, 15) is 18.5 Å². The van der Waals surface area contributed by atoms with Gasteiger partial charge in [0.05, 0.1) is 10.7 Å². The normalized spacial score (nSPS) is 11.4. The molecule has 7 heteroatoms. The zero-order chi connectivity index (χ0) is 15.0. The van der Waals surface area contributed by atoms with Crippen molar-refractivity contribution in [1.29, 1.82) is 0 Å². The lowest BCUT2D eigenvalue weighted by Crippen LogP contribution is -2.21. The van der Waals surface area contributed by atoms with Crippen molar-refractivity contribution in [3.63, 3.8) is 0 Å². The number of sulfone groups is 1. The zero-order valence-electron chi connectivity index (χ0n) is 11.5. The Morgan fingerprint density at radius 2 is 1.85 bits per heavy atom. The van der Waals surface area contributed by atoms with Crippen LogP contribution in [0.5, 0.6) is 0 Å². The van der Waals surface area contributed by atoms with Crippen molar-refractivity contribution < 1.29 is 13.3 Å². The third-order valence-electron chi connectivity index (χ3n) is 2.99. The molecule has 1 N–H and O–H groups in total. The molecule has 0 aromatic heterocycles. The highest BCUT2D eigenvalue weighted by Crippen LogP contribution is 2.11. The Morgan fingerprint density at radius 3 is 2.40 bits per heavy atom. The largest absolute Gasteiger partial charge is 0.316 e. The summed E-state index contributed by atoms with van der Waals surface area (Å²) in [4.78, 5) is 10.1. The van der Waals surface area contributed by atoms with E-state index in [1.807, 2.05) is 0 Å². The van der Waals surface area contributed by atoms with Gasteiger partial charge in [-0.3, -0.25) is 10.1 Å². The average Bonchev–Trinajstić information content (AvgIpc) is 2.43. The van der Waals surface area contributed by atoms with Crippen LogP contribution in [0.2, 0.25) is 0 Å². The minimum Gasteiger partial charge on any atom is -0.316 e. The van der Waals surface area contributed by atoms with E-state index in [1.54, 1.807) is 19.1 Å². The van der Waals surface area contributed by atoms with Gasteiger partial charge < -0.3 is 5.32 Å². The fraction of sp³-hybridized carbons (Fsp3) is 0.538. The molecular formula is C13H20N2O4S. The van der Waals surface area contributed by atoms with Gasteiger partial charge in [-0.2, -0.15) is 0 Å². The van der Waals surface area contributed by atoms with E-state index < -0.39 is 14.8 Å². The number of hydrogen-bond donors (Lipinski definition) is 1. The Labute approximate surface area is 119 Å². The van der Waals surface area contributed by atoms with E-state index >= 15 is 0 Å². The lowest BCUT2D eigenvalue weighted by atomic mass is 10.1. The fourth-order valence-electron chi connectivity index (χ4n) is 1.70. The summed E-state index contributed by atoms with van der Waals surface area (Å²) in [6.45, 7) is 3.04. The molecular weight excluding hydrogens is 280 g/mol. The monoisotopic (exact) mass is 300 g/mol. The molecule has 20 heavy (non-hydrogen) atoms. The summed E-state index contributed by atoms with van der Waals surface area (Å²) < 4.78 is 22.5. The molecule has 0 amide bonds. The van der Waals surface area contributed by atoms with Crippen molar-refractivity contribution in [3.8, 4) is 0 Å². The first-order valence-corrected chi connectivity index (χ1v) is 8.41. The first kappa shape index (κ1) is 16.6. The van der Waals surface area contributed by atoms with Gasteiger partial charge in [-0.25, -0.2) is 8.42 Å². The van der Waals surface area contributed by atoms with Gasteiger partial charge in [-0.05, 0) is 31.5 Å². The van der Waals surface area contributed by atoms with E-state index in [4.69, 9.17) is 0 Å². The molecule has 0 aliphatic carbocycles. The van der Waals surface area contributed by atoms with E-state index in [-0.39, 0.29) is 17.2 Å². The van der Waals surface area contributed by atoms with Crippen LogP contribution in [0.1, 0.15) is 18.9 Å². The number of nitro benzene ring substituents is 1. The smallest absolute Gasteiger partial charge is 0.269 e. The van der Waals surface area contributed by atoms with Crippen LogP contribution in [-0.4, -0.2) is 37.9 Å². The molecule has 1 rings (SSSR count). The number of nitro groups is 1. The van der Waals surface area contributed by atoms with Crippen molar-refractivity contribution >= 4 is 15.5 Å². The van der Waals surface area contributed by atoms with Crippen LogP contribution in [0, 0.1) is 10.1 Å². The zero-order valence-corrected chi connectivity index (χ0v) is 12.4. The van der Waals surface area contributed by atoms with Crippen molar-refractivity contribution in [2.24, 2.45) is 0 Å². The fourth-order valence-corrected chi connectivity index (χ4v) is 2.58. The second kappa shape index (κ2) is 7.96. The van der Waals surface area contributed by atoms with Gasteiger partial charge in [0.2, 0.25) is 0 Å². The van der Waals surface area contributed by atoms with E-state index in [0.717, 1.165) is 18.5 Å². The van der Waals surface area contributed by atoms with Crippen LogP contribution in [0.4, 0.5) is 5.69 Å². The van der Waals surface area contributed by atoms with Crippen molar-refractivity contribution in [1.82, 2.24) is 5.32 Å². The van der Waals surface area contributed by atoms with Gasteiger partial charge in [-0.15, -0.1) is 0 Å². The number of nitrogens with zero attached hydrogens (tertiary/aromatic N) is 1. The van der Waals surface area contributed by atoms with E-state index in [2.05, 4.69) is 5.32 Å². The molecule has 0 radical (unpaired) electrons. The molecule has 0 spiro atoms. The average molecular weight is 300 g/mol. The lowest BCUT2D eigenvalue weighted by molar-refractivity contribution is -0.384. The Hall–Kier alpha value is -1.47. The van der Waals surface area contributed by atoms with Crippen molar-refractivity contribution in [2.75, 3.05) is 24.6 Å². The summed E-state index contributed by atoms with van der Waals surface area (Å²) in [6, 6.07) is 6.45. The summed E-state index contributed by atoms with van der Waals surface area (Å²) in [5, 5.41) is 13.7. The molecule has 0 saturated heterocycles. The van der Waals surface area contributed by atoms with Crippen LogP contribution in [0.3, 0.4) is 0 Å². The molecule has 0 bridgehead atoms. The summed E-state index contributed by atoms with van der Waals surface area (Å²) in [5.74, 6) is 0.407. The highest BCUT2D eigenvalue weighted by atomic mass is 32.2. The maximum atomic E-state index is 11.3. The highest BCUT2D eigenvalue weighted by Gasteiger charge is 2.06. The summed E-state index contributed by atoms with van der Waals surface area (Å²) >= 11 is 0. The first-order chi connectivity index (χ1) is 9.44. The molecule has 112 valence electrons. The topological polar surface area (TPSA) is 89.3 Å². The SMILES string of the molecule is CCS(=O)(=O)CCCNCCc1ccc([N+](=O)[O-])cc1. The second-order valence-electron chi connectivity index (χ2n) is 4.51. The molecule has 1 aromatic carbocycles. The summed E-state index contributed by atoms with van der Waals surface area (Å²) in [6.07, 6.45) is 1.37. The minimum absolute atomic E-state index is 0.0893. The molecule has 0 atom stereocenters. The minimum atomic E-state index is -2.88. The highest BCUT2D eigenvalue weighted by molar-refractivity contribution is 7.91. The van der Waals surface area contributed by atoms with E-state index in [0.29, 0.717) is 13.0 Å². The predicted octanol–water partition coefficient (Wildman–Crippen LogP) is 1.55. The van der Waals surface area contributed by atoms with Gasteiger partial charge in [0.1, 0.15) is 9.84 Å². The van der Waals surface area contributed by atoms with E-state index in [1.165, 1.54) is 12.1 Å². The number of non-ortho nitro benzene ring substituents is 1. The van der Waals surface area contributed by atoms with Crippen LogP contribution in [0.15, 0.2) is 24.3 Å². The third-order valence-corrected chi connectivity index (χ3v) is 4.78. The Balaban J connectivity index is 2.20. The molecule has 0 fully saturated rings. The van der Waals surface area contributed by atoms with Crippen LogP contribution >= 0.6 is 0 Å². The Morgan fingerprint density at radius 1 is 1.20 bits per heavy atom. The second-order valence-corrected chi connectivity index (χ2v) is 6.99. The van der Waals surface area contributed by atoms with Gasteiger partial charge in [0, 0.05) is 17.9 Å². The molecule has 0 aliphatic heterocycles. The summed E-state index contributed by atoms with van der Waals surface area (Å²) in [7, 11) is -2.88. The summed E-state index contributed by atoms with van der Waals surface area (Å²) in [5.41, 5.74) is 1.11. The molecule has 0 aliphatic rings. The third kappa shape index (κ3) is 6.12. The quantitative estimate of drug-likeness (QED) is 0.424. The van der Waals surface area contributed by atoms with Crippen molar-refractivity contribution in [2.45, 2.75) is 19.8 Å². The molecule has 1 aromatic rings. The number of benzene rings is 1. The van der Waals surface area contributed by atoms with Crippen molar-refractivity contribution in [3.05, 3.63) is 39.9 Å². The number of nitrogens with one attached hydrogen (secondary N) is 1. The molecule has 6 nitrogen and oxygen atoms in total. The molecule has 0 heterocycles. The van der Waals surface area contributed by atoms with Crippen LogP contribution < -0.4 is 5.32 Å². The molecule has 0 unspecified atom stereocenters. The maximum absolute atomic E-state index is 11.3. The van der Waals surface area contributed by atoms with Crippen LogP contribution in [-0.2, 0) is 16.3 Å². The molecule has 0 saturated carbocycles. The van der Waals surface area contributed by atoms with Gasteiger partial charge in [0.25, 0.3) is 5.69 Å². The Bertz CT molecular complexity index is 526. The maximum Gasteiger partial charge on any atom is 0.269 e. The lowest BCUT2D eigenvalue weighted by Gasteiger charge is -2.05. The van der Waals surface area contributed by atoms with Gasteiger partial charge in [0.15, 0.2) is 0 Å². The number of hydrogen-bond acceptors (Lipinski definition) is 5. The number of rotatable bonds is 9. The van der Waals surface area contributed by atoms with Gasteiger partial charge >= 0.3 is 0 Å². The van der Waals surface area contributed by atoms with Crippen LogP contribution in [0.25, 0.3) is 0 Å².